The minimum atomic E-state index is 0.461. The Morgan fingerprint density at radius 2 is 1.89 bits per heavy atom. The van der Waals surface area contributed by atoms with Gasteiger partial charge in [0, 0.05) is 22.5 Å². The van der Waals surface area contributed by atoms with Crippen molar-refractivity contribution in [1.82, 2.24) is 14.6 Å². The molecule has 0 saturated heterocycles. The number of fused-ring (bicyclic) bond motifs is 1. The number of nitriles is 1. The molecule has 0 N–H and O–H groups in total. The zero-order chi connectivity index (χ0) is 18.8. The van der Waals surface area contributed by atoms with Crippen LogP contribution in [-0.4, -0.2) is 14.6 Å². The van der Waals surface area contributed by atoms with Gasteiger partial charge < -0.3 is 0 Å². The molecule has 0 spiro atoms. The quantitative estimate of drug-likeness (QED) is 0.394. The monoisotopic (exact) mass is 410 g/mol. The van der Waals surface area contributed by atoms with Crippen molar-refractivity contribution in [2.75, 3.05) is 0 Å². The van der Waals surface area contributed by atoms with Gasteiger partial charge in [-0.3, -0.25) is 0 Å². The van der Waals surface area contributed by atoms with Crippen LogP contribution in [0.4, 0.5) is 0 Å². The van der Waals surface area contributed by atoms with Gasteiger partial charge in [-0.1, -0.05) is 65.3 Å². The number of hydrogen-bond donors (Lipinski definition) is 0. The van der Waals surface area contributed by atoms with E-state index in [0.29, 0.717) is 26.3 Å². The molecule has 0 saturated carbocycles. The fourth-order valence-corrected chi connectivity index (χ4v) is 4.17. The molecule has 4 rings (SSSR count). The Morgan fingerprint density at radius 1 is 1.07 bits per heavy atom. The van der Waals surface area contributed by atoms with E-state index in [1.807, 2.05) is 42.5 Å². The molecule has 2 heterocycles. The second kappa shape index (κ2) is 7.61. The molecule has 0 bridgehead atoms. The van der Waals surface area contributed by atoms with Crippen LogP contribution in [0.5, 0.6) is 0 Å². The van der Waals surface area contributed by atoms with Gasteiger partial charge in [0.25, 0.3) is 0 Å². The standard InChI is InChI=1S/C20H12Cl2N4S/c21-14-6-7-15(17(22)10-14)18-8-9-24-19-16(11-23)20(25-26(18)19)27-12-13-4-2-1-3-5-13/h1-10H,12H2. The number of thioether (sulfide) groups is 1. The van der Waals surface area contributed by atoms with E-state index in [9.17, 15) is 5.26 Å². The molecule has 0 aliphatic rings. The Morgan fingerprint density at radius 3 is 2.63 bits per heavy atom. The van der Waals surface area contributed by atoms with Crippen LogP contribution in [0.15, 0.2) is 65.8 Å². The first-order valence-corrected chi connectivity index (χ1v) is 9.81. The van der Waals surface area contributed by atoms with E-state index in [4.69, 9.17) is 23.2 Å². The molecule has 0 fully saturated rings. The molecule has 0 atom stereocenters. The van der Waals surface area contributed by atoms with E-state index >= 15 is 0 Å². The van der Waals surface area contributed by atoms with E-state index in [1.54, 1.807) is 22.8 Å². The molecule has 0 aliphatic heterocycles. The number of rotatable bonds is 4. The van der Waals surface area contributed by atoms with Crippen molar-refractivity contribution >= 4 is 40.6 Å². The molecule has 4 aromatic rings. The van der Waals surface area contributed by atoms with Crippen LogP contribution in [-0.2, 0) is 5.75 Å². The van der Waals surface area contributed by atoms with Gasteiger partial charge in [-0.25, -0.2) is 9.50 Å². The van der Waals surface area contributed by atoms with E-state index < -0.39 is 0 Å². The van der Waals surface area contributed by atoms with Crippen molar-refractivity contribution in [2.45, 2.75) is 10.8 Å². The average Bonchev–Trinajstić information content (AvgIpc) is 3.05. The lowest BCUT2D eigenvalue weighted by Gasteiger charge is -2.07. The summed E-state index contributed by atoms with van der Waals surface area (Å²) >= 11 is 13.9. The summed E-state index contributed by atoms with van der Waals surface area (Å²) in [4.78, 5) is 4.36. The van der Waals surface area contributed by atoms with Crippen LogP contribution in [0.25, 0.3) is 16.9 Å². The molecule has 0 amide bonds. The van der Waals surface area contributed by atoms with Crippen LogP contribution in [0.3, 0.4) is 0 Å². The van der Waals surface area contributed by atoms with Crippen molar-refractivity contribution in [2.24, 2.45) is 0 Å². The van der Waals surface area contributed by atoms with Crippen LogP contribution in [0.1, 0.15) is 11.1 Å². The Hall–Kier alpha value is -2.52. The van der Waals surface area contributed by atoms with Gasteiger partial charge in [-0.05, 0) is 29.8 Å². The topological polar surface area (TPSA) is 54.0 Å². The van der Waals surface area contributed by atoms with Crippen molar-refractivity contribution in [3.05, 3.63) is 82.0 Å². The summed E-state index contributed by atoms with van der Waals surface area (Å²) in [6.07, 6.45) is 1.66. The Kier molecular flexibility index (Phi) is 5.04. The van der Waals surface area contributed by atoms with E-state index in [-0.39, 0.29) is 0 Å². The van der Waals surface area contributed by atoms with Gasteiger partial charge in [0.1, 0.15) is 16.7 Å². The second-order valence-corrected chi connectivity index (χ2v) is 7.56. The highest BCUT2D eigenvalue weighted by Gasteiger charge is 2.18. The highest BCUT2D eigenvalue weighted by Crippen LogP contribution is 2.33. The van der Waals surface area contributed by atoms with Gasteiger partial charge in [-0.15, -0.1) is 0 Å². The van der Waals surface area contributed by atoms with Gasteiger partial charge in [-0.2, -0.15) is 10.4 Å². The van der Waals surface area contributed by atoms with Crippen LogP contribution in [0.2, 0.25) is 10.0 Å². The highest BCUT2D eigenvalue weighted by molar-refractivity contribution is 7.98. The fraction of sp³-hybridized carbons (Fsp3) is 0.0500. The Balaban J connectivity index is 1.79. The third kappa shape index (κ3) is 3.52. The lowest BCUT2D eigenvalue weighted by Crippen LogP contribution is -1.96. The third-order valence-electron chi connectivity index (χ3n) is 4.02. The SMILES string of the molecule is N#Cc1c(SCc2ccccc2)nn2c(-c3ccc(Cl)cc3Cl)ccnc12. The lowest BCUT2D eigenvalue weighted by atomic mass is 10.1. The van der Waals surface area contributed by atoms with E-state index in [1.165, 1.54) is 11.8 Å². The first-order chi connectivity index (χ1) is 13.2. The van der Waals surface area contributed by atoms with Gasteiger partial charge in [0.2, 0.25) is 0 Å². The molecule has 0 aliphatic carbocycles. The number of benzene rings is 2. The zero-order valence-corrected chi connectivity index (χ0v) is 16.3. The number of hydrogen-bond acceptors (Lipinski definition) is 4. The molecule has 4 nitrogen and oxygen atoms in total. The summed E-state index contributed by atoms with van der Waals surface area (Å²) in [5, 5.41) is 16.0. The second-order valence-electron chi connectivity index (χ2n) is 5.76. The Bertz CT molecular complexity index is 1170. The number of halogens is 2. The minimum absolute atomic E-state index is 0.461. The maximum Gasteiger partial charge on any atom is 0.174 e. The first-order valence-electron chi connectivity index (χ1n) is 8.07. The number of aromatic nitrogens is 3. The third-order valence-corrected chi connectivity index (χ3v) is 5.61. The van der Waals surface area contributed by atoms with Gasteiger partial charge >= 0.3 is 0 Å². The number of nitrogens with zero attached hydrogens (tertiary/aromatic N) is 4. The predicted molar refractivity (Wildman–Crippen MR) is 109 cm³/mol. The van der Waals surface area contributed by atoms with Crippen LogP contribution in [0, 0.1) is 11.3 Å². The summed E-state index contributed by atoms with van der Waals surface area (Å²) in [6.45, 7) is 0. The maximum atomic E-state index is 9.65. The highest BCUT2D eigenvalue weighted by atomic mass is 35.5. The molecule has 2 aromatic heterocycles. The maximum absolute atomic E-state index is 9.65. The predicted octanol–water partition coefficient (Wildman–Crippen LogP) is 5.87. The van der Waals surface area contributed by atoms with Crippen molar-refractivity contribution in [1.29, 1.82) is 5.26 Å². The summed E-state index contributed by atoms with van der Waals surface area (Å²) in [5.74, 6) is 0.719. The molecular weight excluding hydrogens is 399 g/mol. The van der Waals surface area contributed by atoms with E-state index in [0.717, 1.165) is 22.6 Å². The minimum Gasteiger partial charge on any atom is -0.236 e. The molecule has 27 heavy (non-hydrogen) atoms. The summed E-state index contributed by atoms with van der Waals surface area (Å²) in [5.41, 5.74) is 3.67. The van der Waals surface area contributed by atoms with Gasteiger partial charge in [0.05, 0.1) is 10.7 Å². The lowest BCUT2D eigenvalue weighted by molar-refractivity contribution is 0.894. The molecule has 2 aromatic carbocycles. The molecule has 7 heteroatoms. The largest absolute Gasteiger partial charge is 0.236 e. The van der Waals surface area contributed by atoms with E-state index in [2.05, 4.69) is 16.2 Å². The van der Waals surface area contributed by atoms with Crippen molar-refractivity contribution in [3.63, 3.8) is 0 Å². The van der Waals surface area contributed by atoms with Crippen molar-refractivity contribution in [3.8, 4) is 17.3 Å². The first kappa shape index (κ1) is 17.9. The molecule has 132 valence electrons. The zero-order valence-electron chi connectivity index (χ0n) is 13.9. The fourth-order valence-electron chi connectivity index (χ4n) is 2.75. The average molecular weight is 411 g/mol. The van der Waals surface area contributed by atoms with Crippen molar-refractivity contribution < 1.29 is 0 Å². The summed E-state index contributed by atoms with van der Waals surface area (Å²) in [7, 11) is 0. The normalized spacial score (nSPS) is 10.9. The van der Waals surface area contributed by atoms with Crippen LogP contribution >= 0.6 is 35.0 Å². The molecule has 0 unspecified atom stereocenters. The summed E-state index contributed by atoms with van der Waals surface area (Å²) < 4.78 is 1.67. The molecular formula is C20H12Cl2N4S. The molecule has 0 radical (unpaired) electrons. The smallest absolute Gasteiger partial charge is 0.174 e. The van der Waals surface area contributed by atoms with Crippen LogP contribution < -0.4 is 0 Å². The van der Waals surface area contributed by atoms with Gasteiger partial charge in [0.15, 0.2) is 5.65 Å². The Labute approximate surface area is 170 Å². The summed E-state index contributed by atoms with van der Waals surface area (Å²) in [6, 6.07) is 19.4.